The van der Waals surface area contributed by atoms with Crippen molar-refractivity contribution in [3.63, 3.8) is 0 Å². The van der Waals surface area contributed by atoms with Crippen molar-refractivity contribution < 1.29 is 24.5 Å². The molecule has 0 spiro atoms. The second kappa shape index (κ2) is 49.5. The Morgan fingerprint density at radius 3 is 1.03 bits per heavy atom. The lowest BCUT2D eigenvalue weighted by molar-refractivity contribution is -0.143. The second-order valence-electron chi connectivity index (χ2n) is 18.6. The van der Waals surface area contributed by atoms with E-state index in [0.717, 1.165) is 38.5 Å². The van der Waals surface area contributed by atoms with Gasteiger partial charge in [0.05, 0.1) is 25.4 Å². The average Bonchev–Trinajstić information content (AvgIpc) is 3.24. The van der Waals surface area contributed by atoms with E-state index in [9.17, 15) is 19.8 Å². The lowest BCUT2D eigenvalue weighted by Gasteiger charge is -2.22. The molecule has 6 nitrogen and oxygen atoms in total. The first-order valence-corrected chi connectivity index (χ1v) is 26.8. The van der Waals surface area contributed by atoms with Crippen molar-refractivity contribution in [1.29, 1.82) is 0 Å². The van der Waals surface area contributed by atoms with Crippen LogP contribution >= 0.6 is 0 Å². The van der Waals surface area contributed by atoms with Crippen LogP contribution < -0.4 is 5.32 Å². The smallest absolute Gasteiger partial charge is 0.305 e. The molecule has 0 aliphatic carbocycles. The number of ether oxygens (including phenoxy) is 1. The number of hydrogen-bond acceptors (Lipinski definition) is 5. The van der Waals surface area contributed by atoms with Crippen molar-refractivity contribution >= 4 is 11.9 Å². The van der Waals surface area contributed by atoms with Crippen LogP contribution in [0.2, 0.25) is 0 Å². The molecule has 0 rings (SSSR count). The Labute approximate surface area is 368 Å². The molecule has 0 aliphatic rings. The predicted octanol–water partition coefficient (Wildman–Crippen LogP) is 16.0. The standard InChI is InChI=1S/C53H105NO5/c1-3-5-7-9-11-13-26-31-35-39-43-47-53(58)59-48-44-40-36-32-28-25-23-21-19-17-15-16-18-20-22-24-27-30-34-38-42-46-52(57)54-50(49-55)51(56)45-41-37-33-29-14-12-10-8-6-4-2/h50-51,55-56H,3-49H2,1-2H3,(H,54,57). The van der Waals surface area contributed by atoms with E-state index < -0.39 is 12.1 Å². The van der Waals surface area contributed by atoms with Crippen LogP contribution in [-0.4, -0.2) is 47.4 Å². The molecule has 0 bridgehead atoms. The van der Waals surface area contributed by atoms with E-state index in [1.165, 1.54) is 231 Å². The minimum absolute atomic E-state index is 0.0120. The van der Waals surface area contributed by atoms with E-state index in [4.69, 9.17) is 4.74 Å². The third-order valence-corrected chi connectivity index (χ3v) is 12.7. The van der Waals surface area contributed by atoms with Crippen LogP contribution in [-0.2, 0) is 14.3 Å². The van der Waals surface area contributed by atoms with Gasteiger partial charge in [0.15, 0.2) is 0 Å². The molecular formula is C53H105NO5. The first-order chi connectivity index (χ1) is 29.0. The normalized spacial score (nSPS) is 12.5. The molecular weight excluding hydrogens is 731 g/mol. The van der Waals surface area contributed by atoms with Crippen LogP contribution in [0.25, 0.3) is 0 Å². The average molecular weight is 836 g/mol. The molecule has 0 aromatic heterocycles. The molecule has 0 aromatic rings. The van der Waals surface area contributed by atoms with Crippen LogP contribution in [0.5, 0.6) is 0 Å². The van der Waals surface area contributed by atoms with Gasteiger partial charge in [0.1, 0.15) is 0 Å². The molecule has 2 atom stereocenters. The number of amides is 1. The number of unbranched alkanes of at least 4 members (excludes halogenated alkanes) is 39. The van der Waals surface area contributed by atoms with Gasteiger partial charge in [0.2, 0.25) is 5.91 Å². The zero-order valence-electron chi connectivity index (χ0n) is 40.0. The molecule has 0 saturated heterocycles. The lowest BCUT2D eigenvalue weighted by atomic mass is 10.0. The van der Waals surface area contributed by atoms with E-state index in [0.29, 0.717) is 25.9 Å². The topological polar surface area (TPSA) is 95.9 Å². The van der Waals surface area contributed by atoms with Gasteiger partial charge >= 0.3 is 5.97 Å². The Hall–Kier alpha value is -1.14. The number of hydrogen-bond donors (Lipinski definition) is 3. The number of rotatable bonds is 50. The van der Waals surface area contributed by atoms with Crippen LogP contribution in [0, 0.1) is 0 Å². The first kappa shape index (κ1) is 57.9. The molecule has 0 aliphatic heterocycles. The van der Waals surface area contributed by atoms with Crippen molar-refractivity contribution in [2.45, 2.75) is 315 Å². The number of aliphatic hydroxyl groups is 2. The van der Waals surface area contributed by atoms with Gasteiger partial charge in [-0.25, -0.2) is 0 Å². The summed E-state index contributed by atoms with van der Waals surface area (Å²) >= 11 is 0. The zero-order chi connectivity index (χ0) is 43.0. The van der Waals surface area contributed by atoms with Crippen LogP contribution in [0.3, 0.4) is 0 Å². The molecule has 352 valence electrons. The highest BCUT2D eigenvalue weighted by atomic mass is 16.5. The van der Waals surface area contributed by atoms with Gasteiger partial charge in [0, 0.05) is 12.8 Å². The SMILES string of the molecule is CCCCCCCCCCCCCC(=O)OCCCCCCCCCCCCCCCCCCCCCCCC(=O)NC(CO)C(O)CCCCCCCCCCCC. The molecule has 6 heteroatoms. The first-order valence-electron chi connectivity index (χ1n) is 26.8. The van der Waals surface area contributed by atoms with Crippen LogP contribution in [0.4, 0.5) is 0 Å². The van der Waals surface area contributed by atoms with E-state index in [2.05, 4.69) is 19.2 Å². The van der Waals surface area contributed by atoms with Gasteiger partial charge < -0.3 is 20.3 Å². The predicted molar refractivity (Wildman–Crippen MR) is 255 cm³/mol. The molecule has 59 heavy (non-hydrogen) atoms. The van der Waals surface area contributed by atoms with Gasteiger partial charge in [-0.05, 0) is 25.7 Å². The number of esters is 1. The van der Waals surface area contributed by atoms with Gasteiger partial charge in [0.25, 0.3) is 0 Å². The van der Waals surface area contributed by atoms with E-state index in [-0.39, 0.29) is 18.5 Å². The summed E-state index contributed by atoms with van der Waals surface area (Å²) in [4.78, 5) is 24.4. The highest BCUT2D eigenvalue weighted by Gasteiger charge is 2.20. The Bertz CT molecular complexity index is 837. The largest absolute Gasteiger partial charge is 0.466 e. The maximum Gasteiger partial charge on any atom is 0.305 e. The van der Waals surface area contributed by atoms with E-state index in [1.54, 1.807) is 0 Å². The third kappa shape index (κ3) is 46.2. The molecule has 2 unspecified atom stereocenters. The molecule has 0 fully saturated rings. The summed E-state index contributed by atoms with van der Waals surface area (Å²) in [5, 5.41) is 23.1. The molecule has 0 radical (unpaired) electrons. The monoisotopic (exact) mass is 836 g/mol. The summed E-state index contributed by atoms with van der Waals surface area (Å²) in [6, 6.07) is -0.538. The van der Waals surface area contributed by atoms with E-state index in [1.807, 2.05) is 0 Å². The molecule has 3 N–H and O–H groups in total. The van der Waals surface area contributed by atoms with Crippen molar-refractivity contribution in [1.82, 2.24) is 5.32 Å². The van der Waals surface area contributed by atoms with Crippen LogP contribution in [0.1, 0.15) is 303 Å². The molecule has 0 heterocycles. The zero-order valence-corrected chi connectivity index (χ0v) is 40.0. The summed E-state index contributed by atoms with van der Waals surface area (Å²) in [6.07, 6.45) is 55.2. The Kier molecular flexibility index (Phi) is 48.6. The van der Waals surface area contributed by atoms with Gasteiger partial charge in [-0.2, -0.15) is 0 Å². The third-order valence-electron chi connectivity index (χ3n) is 12.7. The number of aliphatic hydroxyl groups excluding tert-OH is 2. The maximum atomic E-state index is 12.4. The summed E-state index contributed by atoms with van der Waals surface area (Å²) in [6.45, 7) is 4.94. The number of carbonyl (C=O) groups excluding carboxylic acids is 2. The van der Waals surface area contributed by atoms with Gasteiger partial charge in [-0.3, -0.25) is 9.59 Å². The highest BCUT2D eigenvalue weighted by Crippen LogP contribution is 2.17. The van der Waals surface area contributed by atoms with Gasteiger partial charge in [-0.1, -0.05) is 264 Å². The van der Waals surface area contributed by atoms with Crippen molar-refractivity contribution in [3.05, 3.63) is 0 Å². The summed E-state index contributed by atoms with van der Waals surface area (Å²) < 4.78 is 5.46. The number of nitrogens with one attached hydrogen (secondary N) is 1. The summed E-state index contributed by atoms with van der Waals surface area (Å²) in [5.74, 6) is -0.0244. The quantitative estimate of drug-likeness (QED) is 0.0419. The Morgan fingerprint density at radius 1 is 0.407 bits per heavy atom. The van der Waals surface area contributed by atoms with E-state index >= 15 is 0 Å². The fourth-order valence-corrected chi connectivity index (χ4v) is 8.52. The molecule has 0 saturated carbocycles. The van der Waals surface area contributed by atoms with Crippen molar-refractivity contribution in [2.24, 2.45) is 0 Å². The lowest BCUT2D eigenvalue weighted by Crippen LogP contribution is -2.45. The van der Waals surface area contributed by atoms with Crippen molar-refractivity contribution in [2.75, 3.05) is 13.2 Å². The minimum atomic E-state index is -0.661. The number of carbonyl (C=O) groups is 2. The maximum absolute atomic E-state index is 12.4. The Morgan fingerprint density at radius 2 is 0.695 bits per heavy atom. The van der Waals surface area contributed by atoms with Gasteiger partial charge in [-0.15, -0.1) is 0 Å². The molecule has 0 aromatic carbocycles. The molecule has 1 amide bonds. The minimum Gasteiger partial charge on any atom is -0.466 e. The fraction of sp³-hybridized carbons (Fsp3) is 0.962. The summed E-state index contributed by atoms with van der Waals surface area (Å²) in [5.41, 5.74) is 0. The van der Waals surface area contributed by atoms with Crippen LogP contribution in [0.15, 0.2) is 0 Å². The summed E-state index contributed by atoms with van der Waals surface area (Å²) in [7, 11) is 0. The second-order valence-corrected chi connectivity index (χ2v) is 18.6. The fourth-order valence-electron chi connectivity index (χ4n) is 8.52. The Balaban J connectivity index is 3.35. The highest BCUT2D eigenvalue weighted by molar-refractivity contribution is 5.76. The van der Waals surface area contributed by atoms with Crippen molar-refractivity contribution in [3.8, 4) is 0 Å².